The van der Waals surface area contributed by atoms with Crippen molar-refractivity contribution in [3.63, 3.8) is 0 Å². The van der Waals surface area contributed by atoms with E-state index in [9.17, 15) is 5.11 Å². The Kier molecular flexibility index (Phi) is 6.11. The summed E-state index contributed by atoms with van der Waals surface area (Å²) in [4.78, 5) is 14.5. The van der Waals surface area contributed by atoms with Crippen LogP contribution in [0.2, 0.25) is 0 Å². The maximum absolute atomic E-state index is 9.96. The number of hydrogen-bond donors (Lipinski definition) is 1. The highest BCUT2D eigenvalue weighted by Gasteiger charge is 2.36. The van der Waals surface area contributed by atoms with Crippen LogP contribution in [0.25, 0.3) is 10.9 Å². The van der Waals surface area contributed by atoms with Crippen LogP contribution in [0.3, 0.4) is 0 Å². The van der Waals surface area contributed by atoms with Crippen LogP contribution in [0.4, 0.5) is 0 Å². The van der Waals surface area contributed by atoms with E-state index in [1.165, 1.54) is 5.56 Å². The number of rotatable bonds is 6. The first-order chi connectivity index (χ1) is 15.1. The minimum absolute atomic E-state index is 0.150. The summed E-state index contributed by atoms with van der Waals surface area (Å²) < 4.78 is 12.4. The van der Waals surface area contributed by atoms with E-state index >= 15 is 0 Å². The highest BCUT2D eigenvalue weighted by atomic mass is 16.5. The average molecular weight is 426 g/mol. The Morgan fingerprint density at radius 1 is 1.06 bits per heavy atom. The molecule has 3 aliphatic rings. The van der Waals surface area contributed by atoms with E-state index in [1.807, 2.05) is 12.4 Å². The summed E-state index contributed by atoms with van der Waals surface area (Å²) in [6, 6.07) is 0. The van der Waals surface area contributed by atoms with Gasteiger partial charge in [-0.05, 0) is 50.4 Å². The molecular formula is C25H35N3O3. The molecule has 4 heterocycles. The quantitative estimate of drug-likeness (QED) is 0.721. The zero-order chi connectivity index (χ0) is 21.4. The topological polar surface area (TPSA) is 77.4 Å². The molecule has 1 saturated carbocycles. The summed E-state index contributed by atoms with van der Waals surface area (Å²) in [7, 11) is 0. The van der Waals surface area contributed by atoms with Crippen molar-refractivity contribution in [3.05, 3.63) is 23.8 Å². The van der Waals surface area contributed by atoms with Gasteiger partial charge in [-0.25, -0.2) is 15.0 Å². The Morgan fingerprint density at radius 2 is 1.81 bits per heavy atom. The van der Waals surface area contributed by atoms with E-state index in [1.54, 1.807) is 0 Å². The number of fused-ring (bicyclic) bond motifs is 3. The van der Waals surface area contributed by atoms with Crippen molar-refractivity contribution in [3.8, 4) is 5.88 Å². The fourth-order valence-corrected chi connectivity index (χ4v) is 5.45. The van der Waals surface area contributed by atoms with Crippen LogP contribution >= 0.6 is 0 Å². The second-order valence-electron chi connectivity index (χ2n) is 9.96. The molecular weight excluding hydrogens is 390 g/mol. The zero-order valence-electron chi connectivity index (χ0n) is 18.8. The number of aliphatic hydroxyl groups excluding tert-OH is 1. The largest absolute Gasteiger partial charge is 0.474 e. The summed E-state index contributed by atoms with van der Waals surface area (Å²) >= 11 is 0. The number of ether oxygens (including phenoxy) is 2. The Bertz CT molecular complexity index is 900. The molecule has 31 heavy (non-hydrogen) atoms. The lowest BCUT2D eigenvalue weighted by Crippen LogP contribution is -2.32. The van der Waals surface area contributed by atoms with Gasteiger partial charge in [-0.1, -0.05) is 20.3 Å². The van der Waals surface area contributed by atoms with Crippen molar-refractivity contribution in [1.82, 2.24) is 15.0 Å². The van der Waals surface area contributed by atoms with E-state index in [0.717, 1.165) is 80.9 Å². The maximum Gasteiger partial charge on any atom is 0.224 e. The molecule has 0 aromatic carbocycles. The molecule has 3 fully saturated rings. The van der Waals surface area contributed by atoms with Crippen LogP contribution in [0, 0.1) is 5.92 Å². The highest BCUT2D eigenvalue weighted by Crippen LogP contribution is 2.39. The summed E-state index contributed by atoms with van der Waals surface area (Å²) in [6.45, 7) is 4.46. The minimum atomic E-state index is -0.169. The van der Waals surface area contributed by atoms with Gasteiger partial charge in [0.2, 0.25) is 5.88 Å². The summed E-state index contributed by atoms with van der Waals surface area (Å²) in [6.07, 6.45) is 14.4. The molecule has 2 aromatic heterocycles. The molecule has 168 valence electrons. The molecule has 4 atom stereocenters. The molecule has 2 aromatic rings. The van der Waals surface area contributed by atoms with Gasteiger partial charge in [-0.3, -0.25) is 0 Å². The zero-order valence-corrected chi connectivity index (χ0v) is 18.8. The number of pyridine rings is 1. The van der Waals surface area contributed by atoms with Crippen molar-refractivity contribution >= 4 is 10.9 Å². The van der Waals surface area contributed by atoms with Gasteiger partial charge in [0.1, 0.15) is 11.9 Å². The van der Waals surface area contributed by atoms with Crippen LogP contribution in [-0.2, 0) is 11.2 Å². The Labute approximate surface area is 184 Å². The second kappa shape index (κ2) is 8.99. The van der Waals surface area contributed by atoms with Crippen molar-refractivity contribution < 1.29 is 14.6 Å². The van der Waals surface area contributed by atoms with Crippen LogP contribution in [0.15, 0.2) is 12.4 Å². The van der Waals surface area contributed by atoms with Crippen LogP contribution in [0.1, 0.15) is 88.9 Å². The van der Waals surface area contributed by atoms with E-state index in [4.69, 9.17) is 24.4 Å². The first-order valence-electron chi connectivity index (χ1n) is 12.2. The predicted molar refractivity (Wildman–Crippen MR) is 119 cm³/mol. The van der Waals surface area contributed by atoms with Gasteiger partial charge in [0.25, 0.3) is 0 Å². The van der Waals surface area contributed by atoms with Crippen molar-refractivity contribution in [2.75, 3.05) is 0 Å². The van der Waals surface area contributed by atoms with Crippen molar-refractivity contribution in [1.29, 1.82) is 0 Å². The van der Waals surface area contributed by atoms with Crippen molar-refractivity contribution in [2.45, 2.75) is 108 Å². The fraction of sp³-hybridized carbons (Fsp3) is 0.720. The number of aromatic nitrogens is 3. The lowest BCUT2D eigenvalue weighted by molar-refractivity contribution is -0.0445. The third kappa shape index (κ3) is 4.56. The number of aliphatic hydroxyl groups is 1. The molecule has 2 aliphatic heterocycles. The molecule has 0 spiro atoms. The van der Waals surface area contributed by atoms with Gasteiger partial charge in [0, 0.05) is 37.2 Å². The standard InChI is InChI=1S/C25H35N3O3/c1-3-15(2)10-23-26-14-22-24(28-23)21(16-4-6-17(29)7-5-16)13-27-25(22)31-20-11-18-8-9-19(12-20)30-18/h13-20,29H,3-12H2,1-2H3/t15-,16?,17?,18-,19+,20?/m0/s1. The van der Waals surface area contributed by atoms with E-state index in [2.05, 4.69) is 13.8 Å². The Hall–Kier alpha value is -1.79. The molecule has 2 bridgehead atoms. The molecule has 1 aliphatic carbocycles. The Morgan fingerprint density at radius 3 is 2.52 bits per heavy atom. The summed E-state index contributed by atoms with van der Waals surface area (Å²) in [5.41, 5.74) is 2.18. The molecule has 5 rings (SSSR count). The smallest absolute Gasteiger partial charge is 0.224 e. The molecule has 6 nitrogen and oxygen atoms in total. The fourth-order valence-electron chi connectivity index (χ4n) is 5.45. The molecule has 2 saturated heterocycles. The van der Waals surface area contributed by atoms with Gasteiger partial charge < -0.3 is 14.6 Å². The average Bonchev–Trinajstić information content (AvgIpc) is 3.12. The first-order valence-corrected chi connectivity index (χ1v) is 12.2. The van der Waals surface area contributed by atoms with Crippen molar-refractivity contribution in [2.24, 2.45) is 5.92 Å². The first kappa shape index (κ1) is 21.1. The monoisotopic (exact) mass is 425 g/mol. The highest BCUT2D eigenvalue weighted by molar-refractivity contribution is 5.85. The van der Waals surface area contributed by atoms with Crippen LogP contribution in [0.5, 0.6) is 5.88 Å². The molecule has 0 amide bonds. The van der Waals surface area contributed by atoms with Gasteiger partial charge in [0.15, 0.2) is 0 Å². The van der Waals surface area contributed by atoms with E-state index < -0.39 is 0 Å². The normalized spacial score (nSPS) is 31.6. The third-order valence-electron chi connectivity index (χ3n) is 7.55. The number of nitrogens with zero attached hydrogens (tertiary/aromatic N) is 3. The molecule has 1 N–H and O–H groups in total. The number of hydrogen-bond acceptors (Lipinski definition) is 6. The lowest BCUT2D eigenvalue weighted by atomic mass is 9.82. The van der Waals surface area contributed by atoms with Gasteiger partial charge >= 0.3 is 0 Å². The van der Waals surface area contributed by atoms with Crippen LogP contribution in [-0.4, -0.2) is 44.5 Å². The molecule has 0 radical (unpaired) electrons. The van der Waals surface area contributed by atoms with Gasteiger partial charge in [-0.15, -0.1) is 0 Å². The summed E-state index contributed by atoms with van der Waals surface area (Å²) in [5, 5.41) is 10.9. The van der Waals surface area contributed by atoms with E-state index in [-0.39, 0.29) is 12.2 Å². The predicted octanol–water partition coefficient (Wildman–Crippen LogP) is 4.72. The molecule has 1 unspecified atom stereocenters. The third-order valence-corrected chi connectivity index (χ3v) is 7.55. The maximum atomic E-state index is 9.96. The van der Waals surface area contributed by atoms with Gasteiger partial charge in [0.05, 0.1) is 29.2 Å². The van der Waals surface area contributed by atoms with Gasteiger partial charge in [-0.2, -0.15) is 0 Å². The minimum Gasteiger partial charge on any atom is -0.474 e. The SMILES string of the molecule is CC[C@H](C)Cc1ncc2c(OC3C[C@H]4CC[C@@H](C3)O4)ncc(C3CCC(O)CC3)c2n1. The van der Waals surface area contributed by atoms with E-state index in [0.29, 0.717) is 29.9 Å². The van der Waals surface area contributed by atoms with Crippen LogP contribution < -0.4 is 4.74 Å². The lowest BCUT2D eigenvalue weighted by Gasteiger charge is -2.29. The Balaban J connectivity index is 1.47. The summed E-state index contributed by atoms with van der Waals surface area (Å²) in [5.74, 6) is 2.51. The second-order valence-corrected chi connectivity index (χ2v) is 9.96. The molecule has 6 heteroatoms.